The summed E-state index contributed by atoms with van der Waals surface area (Å²) in [5.41, 5.74) is 12.2. The van der Waals surface area contributed by atoms with Gasteiger partial charge in [0.2, 0.25) is 0 Å². The van der Waals surface area contributed by atoms with E-state index in [1.165, 1.54) is 11.3 Å². The minimum atomic E-state index is -0.308. The molecule has 8 rings (SSSR count). The van der Waals surface area contributed by atoms with Crippen molar-refractivity contribution in [1.82, 2.24) is 34.8 Å². The maximum Gasteiger partial charge on any atom is 0.270 e. The van der Waals surface area contributed by atoms with E-state index in [0.717, 1.165) is 114 Å². The number of benzene rings is 4. The second kappa shape index (κ2) is 21.7. The van der Waals surface area contributed by atoms with E-state index < -0.39 is 0 Å². The summed E-state index contributed by atoms with van der Waals surface area (Å²) in [5, 5.41) is 8.51. The number of aryl methyl sites for hydroxylation is 2. The number of likely N-dealkylation sites (N-methyl/N-ethyl adjacent to an activating group) is 2. The highest BCUT2D eigenvalue weighted by molar-refractivity contribution is 7.12. The van der Waals surface area contributed by atoms with Crippen LogP contribution < -0.4 is 20.4 Å². The second-order valence-corrected chi connectivity index (χ2v) is 20.7. The number of nitrogens with one attached hydrogen (secondary N) is 2. The van der Waals surface area contributed by atoms with Crippen LogP contribution in [0.5, 0.6) is 0 Å². The molecular weight excluding hydrogens is 907 g/mol. The molecule has 2 saturated heterocycles. The molecule has 0 radical (unpaired) electrons. The van der Waals surface area contributed by atoms with Crippen LogP contribution in [0, 0.1) is 13.8 Å². The van der Waals surface area contributed by atoms with Crippen LogP contribution in [0.3, 0.4) is 0 Å². The van der Waals surface area contributed by atoms with Crippen molar-refractivity contribution in [2.24, 2.45) is 7.05 Å². The largest absolute Gasteiger partial charge is 0.369 e. The molecule has 14 heteroatoms. The lowest BCUT2D eigenvalue weighted by atomic mass is 9.97. The van der Waals surface area contributed by atoms with Gasteiger partial charge in [0.25, 0.3) is 23.6 Å². The van der Waals surface area contributed by atoms with Crippen molar-refractivity contribution < 1.29 is 19.2 Å². The van der Waals surface area contributed by atoms with Gasteiger partial charge in [0.1, 0.15) is 5.69 Å². The second-order valence-electron chi connectivity index (χ2n) is 19.8. The Kier molecular flexibility index (Phi) is 15.5. The molecule has 2 aliphatic heterocycles. The number of carbonyl (C=O) groups excluding carboxylic acids is 4. The molecule has 0 spiro atoms. The molecule has 4 amide bonds. The van der Waals surface area contributed by atoms with Gasteiger partial charge in [0.05, 0.1) is 17.0 Å². The Morgan fingerprint density at radius 2 is 1.15 bits per heavy atom. The van der Waals surface area contributed by atoms with Crippen LogP contribution in [-0.2, 0) is 13.6 Å². The summed E-state index contributed by atoms with van der Waals surface area (Å²) in [4.78, 5) is 68.4. The average molecular weight is 976 g/mol. The van der Waals surface area contributed by atoms with E-state index in [4.69, 9.17) is 0 Å². The Balaban J connectivity index is 0.975. The van der Waals surface area contributed by atoms with E-state index in [-0.39, 0.29) is 35.7 Å². The number of hydrogen-bond donors (Lipinski definition) is 2. The molecule has 4 aromatic carbocycles. The maximum absolute atomic E-state index is 14.4. The molecule has 6 aromatic rings. The van der Waals surface area contributed by atoms with Gasteiger partial charge >= 0.3 is 0 Å². The molecule has 4 heterocycles. The molecule has 372 valence electrons. The van der Waals surface area contributed by atoms with E-state index >= 15 is 0 Å². The number of aromatic nitrogens is 1. The number of anilines is 2. The lowest BCUT2D eigenvalue weighted by Crippen LogP contribution is -2.44. The van der Waals surface area contributed by atoms with Gasteiger partial charge in [0, 0.05) is 121 Å². The quantitative estimate of drug-likeness (QED) is 0.112. The molecule has 71 heavy (non-hydrogen) atoms. The van der Waals surface area contributed by atoms with Crippen molar-refractivity contribution in [1.29, 1.82) is 0 Å². The highest BCUT2D eigenvalue weighted by atomic mass is 32.1. The summed E-state index contributed by atoms with van der Waals surface area (Å²) in [6, 6.07) is 29.8. The number of nitrogens with zero attached hydrogens (tertiary/aromatic N) is 7. The standard InChI is InChI=1S/C57H69N9O4S/c1-37-17-18-48(65-23-19-61(7)20-24-65)32-50(37)54(67)58-39(3)41-13-11-15-43(27-41)46-30-52(63(9)35-46)56(69)64(10)34-45-29-49(66-25-21-62(8)22-26-66)33-51(38(45)2)55(68)59-40(4)42-14-12-16-44(28-42)47-31-53(71-36-47)57(70)60(5)6/h11-18,27-33,35-36,39-40H,19-26,34H2,1-10H3,(H,58,67)(H,59,68)/t39-,40-/m1/s1. The third-order valence-electron chi connectivity index (χ3n) is 14.3. The summed E-state index contributed by atoms with van der Waals surface area (Å²) in [6.45, 7) is 15.5. The van der Waals surface area contributed by atoms with Crippen LogP contribution in [-0.4, -0.2) is 135 Å². The minimum Gasteiger partial charge on any atom is -0.369 e. The fraction of sp³-hybridized carbons (Fsp3) is 0.368. The number of amides is 4. The third-order valence-corrected chi connectivity index (χ3v) is 15.2. The van der Waals surface area contributed by atoms with Crippen LogP contribution >= 0.6 is 11.3 Å². The fourth-order valence-electron chi connectivity index (χ4n) is 9.49. The lowest BCUT2D eigenvalue weighted by molar-refractivity contribution is 0.0774. The number of hydrogen-bond acceptors (Lipinski definition) is 9. The first-order valence-electron chi connectivity index (χ1n) is 24.6. The Morgan fingerprint density at radius 3 is 1.75 bits per heavy atom. The summed E-state index contributed by atoms with van der Waals surface area (Å²) in [6.07, 6.45) is 1.97. The van der Waals surface area contributed by atoms with Crippen LogP contribution in [0.25, 0.3) is 22.3 Å². The highest BCUT2D eigenvalue weighted by Crippen LogP contribution is 2.32. The van der Waals surface area contributed by atoms with Crippen LogP contribution in [0.1, 0.15) is 94.6 Å². The summed E-state index contributed by atoms with van der Waals surface area (Å²) < 4.78 is 1.87. The average Bonchev–Trinajstić information content (AvgIpc) is 4.02. The highest BCUT2D eigenvalue weighted by Gasteiger charge is 2.25. The molecule has 2 N–H and O–H groups in total. The van der Waals surface area contributed by atoms with Gasteiger partial charge in [0.15, 0.2) is 0 Å². The number of piperazine rings is 2. The molecule has 0 bridgehead atoms. The van der Waals surface area contributed by atoms with Crippen molar-refractivity contribution in [3.8, 4) is 22.3 Å². The van der Waals surface area contributed by atoms with E-state index in [9.17, 15) is 19.2 Å². The smallest absolute Gasteiger partial charge is 0.270 e. The van der Waals surface area contributed by atoms with Crippen LogP contribution in [0.15, 0.2) is 103 Å². The SMILES string of the molecule is Cc1ccc(N2CCN(C)CC2)cc1C(=O)N[C@H](C)c1cccc(-c2cc(C(=O)N(C)Cc3cc(N4CCN(C)CC4)cc(C(=O)N[C@H](C)c4cccc(-c5csc(C(=O)N(C)C)c5)c4)c3C)n(C)c2)c1. The third kappa shape index (κ3) is 11.6. The van der Waals surface area contributed by atoms with Gasteiger partial charge in [-0.05, 0) is 140 Å². The first kappa shape index (κ1) is 50.6. The fourth-order valence-corrected chi connectivity index (χ4v) is 10.4. The van der Waals surface area contributed by atoms with Gasteiger partial charge in [-0.3, -0.25) is 19.2 Å². The molecular formula is C57H69N9O4S. The number of rotatable bonds is 14. The van der Waals surface area contributed by atoms with Crippen LogP contribution in [0.4, 0.5) is 11.4 Å². The molecule has 2 aromatic heterocycles. The molecule has 2 fully saturated rings. The first-order valence-corrected chi connectivity index (χ1v) is 25.5. The van der Waals surface area contributed by atoms with E-state index in [1.54, 1.807) is 23.9 Å². The zero-order valence-corrected chi connectivity index (χ0v) is 43.8. The Labute approximate surface area is 423 Å². The normalized spacial score (nSPS) is 15.3. The number of thiophene rings is 1. The van der Waals surface area contributed by atoms with Gasteiger partial charge < -0.3 is 44.6 Å². The van der Waals surface area contributed by atoms with Gasteiger partial charge in [-0.25, -0.2) is 0 Å². The van der Waals surface area contributed by atoms with E-state index in [0.29, 0.717) is 28.2 Å². The molecule has 0 saturated carbocycles. The Bertz CT molecular complexity index is 2920. The van der Waals surface area contributed by atoms with E-state index in [2.05, 4.69) is 68.6 Å². The predicted molar refractivity (Wildman–Crippen MR) is 288 cm³/mol. The minimum absolute atomic E-state index is 0.0298. The van der Waals surface area contributed by atoms with Gasteiger partial charge in [-0.15, -0.1) is 11.3 Å². The lowest BCUT2D eigenvalue weighted by Gasteiger charge is -2.35. The Morgan fingerprint density at radius 1 is 0.606 bits per heavy atom. The zero-order chi connectivity index (χ0) is 50.7. The van der Waals surface area contributed by atoms with Crippen LogP contribution in [0.2, 0.25) is 0 Å². The molecule has 13 nitrogen and oxygen atoms in total. The van der Waals surface area contributed by atoms with Crippen molar-refractivity contribution in [2.75, 3.05) is 97.4 Å². The summed E-state index contributed by atoms with van der Waals surface area (Å²) in [5.74, 6) is -0.463. The Hall–Kier alpha value is -6.74. The summed E-state index contributed by atoms with van der Waals surface area (Å²) in [7, 11) is 11.5. The van der Waals surface area contributed by atoms with Crippen molar-refractivity contribution >= 4 is 46.3 Å². The maximum atomic E-state index is 14.4. The zero-order valence-electron chi connectivity index (χ0n) is 43.0. The van der Waals surface area contributed by atoms with Crippen molar-refractivity contribution in [2.45, 2.75) is 46.3 Å². The topological polar surface area (TPSA) is 117 Å². The number of carbonyl (C=O) groups is 4. The van der Waals surface area contributed by atoms with Gasteiger partial charge in [-0.2, -0.15) is 0 Å². The first-order chi connectivity index (χ1) is 33.9. The molecule has 0 unspecified atom stereocenters. The predicted octanol–water partition coefficient (Wildman–Crippen LogP) is 8.50. The van der Waals surface area contributed by atoms with Crippen molar-refractivity contribution in [3.63, 3.8) is 0 Å². The van der Waals surface area contributed by atoms with Crippen molar-refractivity contribution in [3.05, 3.63) is 152 Å². The molecule has 2 atom stereocenters. The van der Waals surface area contributed by atoms with Gasteiger partial charge in [-0.1, -0.05) is 42.5 Å². The monoisotopic (exact) mass is 976 g/mol. The van der Waals surface area contributed by atoms with E-state index in [1.807, 2.05) is 125 Å². The molecule has 0 aliphatic carbocycles. The summed E-state index contributed by atoms with van der Waals surface area (Å²) >= 11 is 1.42. The molecule has 2 aliphatic rings.